The molecule has 0 aliphatic carbocycles. The lowest BCUT2D eigenvalue weighted by Gasteiger charge is -2.51. The summed E-state index contributed by atoms with van der Waals surface area (Å²) in [6, 6.07) is 14.3. The number of carbonyl (C=O) groups is 4. The fourth-order valence-electron chi connectivity index (χ4n) is 4.19. The van der Waals surface area contributed by atoms with Gasteiger partial charge in [0.05, 0.1) is 5.56 Å². The van der Waals surface area contributed by atoms with Gasteiger partial charge in [-0.1, -0.05) is 30.3 Å². The highest BCUT2D eigenvalue weighted by Gasteiger charge is 2.74. The Bertz CT molecular complexity index is 1120. The molecular formula is C23H22N2O6S. The number of fused-ring (bicyclic) bond motifs is 1. The molecule has 2 amide bonds. The predicted octanol–water partition coefficient (Wildman–Crippen LogP) is 2.68. The minimum atomic E-state index is -1.83. The molecule has 2 fully saturated rings. The minimum Gasteiger partial charge on any atom is -0.480 e. The number of para-hydroxylation sites is 2. The number of carboxylic acids is 1. The van der Waals surface area contributed by atoms with E-state index in [0.717, 1.165) is 0 Å². The van der Waals surface area contributed by atoms with Crippen LogP contribution in [-0.2, 0) is 14.4 Å². The number of hydrogen-bond donors (Lipinski definition) is 2. The summed E-state index contributed by atoms with van der Waals surface area (Å²) in [6.07, 6.45) is 0. The van der Waals surface area contributed by atoms with Crippen LogP contribution < -0.4 is 10.1 Å². The SMILES string of the molecule is CC(=O)[C@]1(NC(=O)c2ccccc2Oc2ccccc2)C(=O)N2[C@@H](C(=O)O)C(C)(C)S[C@@H]21. The average Bonchev–Trinajstić information content (AvgIpc) is 3.01. The number of hydrogen-bond acceptors (Lipinski definition) is 6. The van der Waals surface area contributed by atoms with Crippen LogP contribution in [0.15, 0.2) is 54.6 Å². The lowest BCUT2D eigenvalue weighted by molar-refractivity contribution is -0.170. The summed E-state index contributed by atoms with van der Waals surface area (Å²) in [4.78, 5) is 52.0. The third-order valence-electron chi connectivity index (χ3n) is 5.75. The number of rotatable bonds is 6. The molecule has 2 N–H and O–H groups in total. The molecule has 0 aromatic heterocycles. The topological polar surface area (TPSA) is 113 Å². The molecule has 0 unspecified atom stereocenters. The van der Waals surface area contributed by atoms with Crippen molar-refractivity contribution in [1.82, 2.24) is 10.2 Å². The summed E-state index contributed by atoms with van der Waals surface area (Å²) in [5, 5.41) is 11.4. The lowest BCUT2D eigenvalue weighted by Crippen LogP contribution is -2.82. The molecule has 4 rings (SSSR count). The number of carboxylic acid groups (broad SMARTS) is 1. The number of aliphatic carboxylic acids is 1. The smallest absolute Gasteiger partial charge is 0.327 e. The van der Waals surface area contributed by atoms with E-state index in [1.165, 1.54) is 29.7 Å². The number of benzene rings is 2. The molecule has 8 nitrogen and oxygen atoms in total. The molecule has 2 aliphatic heterocycles. The van der Waals surface area contributed by atoms with Crippen molar-refractivity contribution in [1.29, 1.82) is 0 Å². The first-order valence-corrected chi connectivity index (χ1v) is 10.9. The zero-order chi connectivity index (χ0) is 23.3. The maximum absolute atomic E-state index is 13.2. The van der Waals surface area contributed by atoms with Gasteiger partial charge < -0.3 is 20.1 Å². The standard InChI is InChI=1S/C23H22N2O6S/c1-13(26)23(20(30)25-17(19(28)29)22(2,3)32-21(23)25)24-18(27)15-11-7-8-12-16(15)31-14-9-5-4-6-10-14/h4-12,17,21H,1-3H3,(H,24,27)(H,28,29)/t17-,21+,23-/m0/s1. The average molecular weight is 455 g/mol. The van der Waals surface area contributed by atoms with E-state index in [9.17, 15) is 24.3 Å². The van der Waals surface area contributed by atoms with E-state index in [1.54, 1.807) is 56.3 Å². The molecule has 9 heteroatoms. The fourth-order valence-corrected chi connectivity index (χ4v) is 5.94. The van der Waals surface area contributed by atoms with Gasteiger partial charge in [0.2, 0.25) is 5.54 Å². The Morgan fingerprint density at radius 2 is 1.69 bits per heavy atom. The van der Waals surface area contributed by atoms with Gasteiger partial charge in [-0.05, 0) is 45.0 Å². The van der Waals surface area contributed by atoms with Gasteiger partial charge in [0, 0.05) is 4.75 Å². The highest BCUT2D eigenvalue weighted by Crippen LogP contribution is 2.55. The first kappa shape index (κ1) is 21.9. The summed E-state index contributed by atoms with van der Waals surface area (Å²) in [7, 11) is 0. The second-order valence-corrected chi connectivity index (χ2v) is 9.99. The molecule has 0 bridgehead atoms. The number of amides is 2. The second kappa shape index (κ2) is 7.67. The third kappa shape index (κ3) is 3.24. The zero-order valence-electron chi connectivity index (χ0n) is 17.7. The van der Waals surface area contributed by atoms with Crippen LogP contribution in [0.2, 0.25) is 0 Å². The molecule has 0 spiro atoms. The third-order valence-corrected chi connectivity index (χ3v) is 7.38. The van der Waals surface area contributed by atoms with E-state index < -0.39 is 45.3 Å². The van der Waals surface area contributed by atoms with E-state index in [1.807, 2.05) is 6.07 Å². The molecule has 2 aliphatic rings. The highest BCUT2D eigenvalue weighted by atomic mass is 32.2. The molecule has 0 saturated carbocycles. The molecule has 2 aromatic carbocycles. The number of ketones is 1. The Morgan fingerprint density at radius 3 is 2.31 bits per heavy atom. The van der Waals surface area contributed by atoms with Gasteiger partial charge in [-0.25, -0.2) is 4.79 Å². The molecular weight excluding hydrogens is 432 g/mol. The number of nitrogens with zero attached hydrogens (tertiary/aromatic N) is 1. The maximum atomic E-state index is 13.2. The Labute approximate surface area is 188 Å². The molecule has 2 heterocycles. The number of thioether (sulfide) groups is 1. The molecule has 32 heavy (non-hydrogen) atoms. The minimum absolute atomic E-state index is 0.153. The van der Waals surface area contributed by atoms with Crippen molar-refractivity contribution >= 4 is 35.3 Å². The summed E-state index contributed by atoms with van der Waals surface area (Å²) >= 11 is 1.19. The zero-order valence-corrected chi connectivity index (χ0v) is 18.5. The lowest BCUT2D eigenvalue weighted by atomic mass is 9.81. The van der Waals surface area contributed by atoms with Gasteiger partial charge in [-0.15, -0.1) is 11.8 Å². The monoisotopic (exact) mass is 454 g/mol. The van der Waals surface area contributed by atoms with E-state index in [0.29, 0.717) is 5.75 Å². The van der Waals surface area contributed by atoms with Crippen LogP contribution in [-0.4, -0.2) is 55.3 Å². The number of Topliss-reactive ketones (excluding diaryl/α,β-unsaturated/α-hetero) is 1. The maximum Gasteiger partial charge on any atom is 0.327 e. The Balaban J connectivity index is 1.65. The summed E-state index contributed by atoms with van der Waals surface area (Å²) in [6.45, 7) is 4.64. The van der Waals surface area contributed by atoms with Gasteiger partial charge in [-0.2, -0.15) is 0 Å². The first-order valence-electron chi connectivity index (χ1n) is 9.98. The van der Waals surface area contributed by atoms with Gasteiger partial charge >= 0.3 is 5.97 Å². The number of ether oxygens (including phenoxy) is 1. The summed E-state index contributed by atoms with van der Waals surface area (Å²) in [5.41, 5.74) is -1.68. The van der Waals surface area contributed by atoms with Crippen LogP contribution in [0.4, 0.5) is 0 Å². The van der Waals surface area contributed by atoms with Crippen molar-refractivity contribution in [2.75, 3.05) is 0 Å². The van der Waals surface area contributed by atoms with Crippen molar-refractivity contribution in [2.24, 2.45) is 0 Å². The number of carbonyl (C=O) groups excluding carboxylic acids is 3. The largest absolute Gasteiger partial charge is 0.480 e. The van der Waals surface area contributed by atoms with E-state index in [4.69, 9.17) is 4.74 Å². The van der Waals surface area contributed by atoms with Crippen LogP contribution in [0.1, 0.15) is 31.1 Å². The Hall–Kier alpha value is -3.33. The van der Waals surface area contributed by atoms with Crippen molar-refractivity contribution in [3.8, 4) is 11.5 Å². The van der Waals surface area contributed by atoms with E-state index in [-0.39, 0.29) is 11.3 Å². The number of nitrogens with one attached hydrogen (secondary N) is 1. The molecule has 2 aromatic rings. The molecule has 2 saturated heterocycles. The summed E-state index contributed by atoms with van der Waals surface area (Å²) < 4.78 is 5.00. The predicted molar refractivity (Wildman–Crippen MR) is 118 cm³/mol. The van der Waals surface area contributed by atoms with E-state index in [2.05, 4.69) is 5.32 Å². The molecule has 166 valence electrons. The highest BCUT2D eigenvalue weighted by molar-refractivity contribution is 8.01. The van der Waals surface area contributed by atoms with Crippen molar-refractivity contribution < 1.29 is 29.0 Å². The van der Waals surface area contributed by atoms with Crippen molar-refractivity contribution in [3.05, 3.63) is 60.2 Å². The normalized spacial score (nSPS) is 25.5. The molecule has 0 radical (unpaired) electrons. The van der Waals surface area contributed by atoms with Crippen molar-refractivity contribution in [2.45, 2.75) is 42.5 Å². The summed E-state index contributed by atoms with van der Waals surface area (Å²) in [5.74, 6) is -2.28. The van der Waals surface area contributed by atoms with Crippen LogP contribution in [0.25, 0.3) is 0 Å². The van der Waals surface area contributed by atoms with E-state index >= 15 is 0 Å². The quantitative estimate of drug-likeness (QED) is 0.510. The Morgan fingerprint density at radius 1 is 1.06 bits per heavy atom. The van der Waals surface area contributed by atoms with Crippen LogP contribution in [0, 0.1) is 0 Å². The van der Waals surface area contributed by atoms with Gasteiger partial charge in [0.15, 0.2) is 5.78 Å². The Kier molecular flexibility index (Phi) is 5.24. The van der Waals surface area contributed by atoms with Gasteiger partial charge in [-0.3, -0.25) is 14.4 Å². The van der Waals surface area contributed by atoms with Crippen molar-refractivity contribution in [3.63, 3.8) is 0 Å². The molecule has 3 atom stereocenters. The van der Waals surface area contributed by atoms with Crippen LogP contribution >= 0.6 is 11.8 Å². The second-order valence-electron chi connectivity index (χ2n) is 8.26. The number of β-lactam (4-membered cyclic amide) rings is 1. The van der Waals surface area contributed by atoms with Crippen LogP contribution in [0.5, 0.6) is 11.5 Å². The fraction of sp³-hybridized carbons (Fsp3) is 0.304. The van der Waals surface area contributed by atoms with Gasteiger partial charge in [0.1, 0.15) is 22.9 Å². The van der Waals surface area contributed by atoms with Gasteiger partial charge in [0.25, 0.3) is 11.8 Å². The van der Waals surface area contributed by atoms with Crippen LogP contribution in [0.3, 0.4) is 0 Å². The first-order chi connectivity index (χ1) is 15.1.